The molecule has 0 saturated carbocycles. The number of amides is 3. The van der Waals surface area contributed by atoms with Gasteiger partial charge in [0.25, 0.3) is 11.9 Å². The minimum atomic E-state index is -0.749. The Bertz CT molecular complexity index is 858. The summed E-state index contributed by atoms with van der Waals surface area (Å²) < 4.78 is 1.24. The van der Waals surface area contributed by atoms with Crippen LogP contribution in [0, 0.1) is 6.92 Å². The first kappa shape index (κ1) is 17.7. The minimum Gasteiger partial charge on any atom is -0.334 e. The highest BCUT2D eigenvalue weighted by Crippen LogP contribution is 2.15. The molecule has 0 aromatic carbocycles. The molecule has 9 heteroatoms. The van der Waals surface area contributed by atoms with Crippen LogP contribution >= 0.6 is 0 Å². The summed E-state index contributed by atoms with van der Waals surface area (Å²) in [6.07, 6.45) is 2.85. The fourth-order valence-electron chi connectivity index (χ4n) is 2.80. The van der Waals surface area contributed by atoms with E-state index in [1.807, 2.05) is 0 Å². The molecule has 3 rings (SSSR count). The van der Waals surface area contributed by atoms with Crippen molar-refractivity contribution in [3.63, 3.8) is 0 Å². The monoisotopic (exact) mass is 356 g/mol. The van der Waals surface area contributed by atoms with Gasteiger partial charge in [0.1, 0.15) is 5.82 Å². The van der Waals surface area contributed by atoms with Crippen molar-refractivity contribution in [1.82, 2.24) is 14.7 Å². The van der Waals surface area contributed by atoms with E-state index in [9.17, 15) is 14.4 Å². The molecule has 3 heterocycles. The van der Waals surface area contributed by atoms with Crippen LogP contribution in [-0.4, -0.2) is 57.2 Å². The maximum atomic E-state index is 12.3. The van der Waals surface area contributed by atoms with Gasteiger partial charge in [0.05, 0.1) is 17.0 Å². The van der Waals surface area contributed by atoms with Gasteiger partial charge in [0.15, 0.2) is 0 Å². The molecule has 1 aromatic heterocycles. The Morgan fingerprint density at radius 1 is 1.15 bits per heavy atom. The van der Waals surface area contributed by atoms with Gasteiger partial charge in [0, 0.05) is 19.2 Å². The van der Waals surface area contributed by atoms with E-state index in [1.165, 1.54) is 4.68 Å². The molecule has 2 aliphatic heterocycles. The Labute approximate surface area is 150 Å². The molecule has 1 N–H and O–H groups in total. The average molecular weight is 356 g/mol. The molecular formula is C17H20N6O3. The first-order chi connectivity index (χ1) is 12.4. The number of aromatic nitrogens is 2. The van der Waals surface area contributed by atoms with Gasteiger partial charge < -0.3 is 10.2 Å². The molecule has 0 bridgehead atoms. The van der Waals surface area contributed by atoms with E-state index in [2.05, 4.69) is 27.0 Å². The van der Waals surface area contributed by atoms with Crippen LogP contribution in [0.2, 0.25) is 0 Å². The molecule has 2 aliphatic rings. The highest BCUT2D eigenvalue weighted by molar-refractivity contribution is 6.39. The molecule has 1 fully saturated rings. The van der Waals surface area contributed by atoms with E-state index in [0.717, 1.165) is 19.3 Å². The number of carbonyl (C=O) groups is 3. The minimum absolute atomic E-state index is 0.0220. The zero-order chi connectivity index (χ0) is 18.8. The molecule has 26 heavy (non-hydrogen) atoms. The lowest BCUT2D eigenvalue weighted by molar-refractivity contribution is -0.143. The van der Waals surface area contributed by atoms with Crippen LogP contribution in [-0.2, 0) is 14.4 Å². The van der Waals surface area contributed by atoms with Gasteiger partial charge >= 0.3 is 11.8 Å². The standard InChI is InChI=1S/C17H20N6O3/c1-10-9-13(19-15(25)16(26)22-7-5-4-6-8-22)23(21-10)17-18-12(3)11(2)14(24)20-17/h9H,2,4-8H2,1,3H3,(H,19,25). The summed E-state index contributed by atoms with van der Waals surface area (Å²) in [4.78, 5) is 46.1. The number of aryl methyl sites for hydroxylation is 1. The van der Waals surface area contributed by atoms with Crippen molar-refractivity contribution in [3.8, 4) is 0 Å². The summed E-state index contributed by atoms with van der Waals surface area (Å²) in [5.74, 6) is -1.59. The number of hydrogen-bond donors (Lipinski definition) is 1. The highest BCUT2D eigenvalue weighted by atomic mass is 16.2. The third-order valence-electron chi connectivity index (χ3n) is 4.26. The smallest absolute Gasteiger partial charge is 0.315 e. The molecule has 0 unspecified atom stereocenters. The van der Waals surface area contributed by atoms with Gasteiger partial charge in [-0.2, -0.15) is 14.8 Å². The lowest BCUT2D eigenvalue weighted by atomic mass is 10.1. The summed E-state index contributed by atoms with van der Waals surface area (Å²) >= 11 is 0. The summed E-state index contributed by atoms with van der Waals surface area (Å²) in [7, 11) is 0. The molecule has 0 aliphatic carbocycles. The third kappa shape index (κ3) is 3.46. The van der Waals surface area contributed by atoms with Crippen molar-refractivity contribution >= 4 is 35.2 Å². The first-order valence-electron chi connectivity index (χ1n) is 8.41. The van der Waals surface area contributed by atoms with E-state index >= 15 is 0 Å². The Balaban J connectivity index is 1.83. The number of piperidine rings is 1. The van der Waals surface area contributed by atoms with Crippen molar-refractivity contribution in [2.24, 2.45) is 9.98 Å². The van der Waals surface area contributed by atoms with Crippen LogP contribution in [0.25, 0.3) is 0 Å². The number of carbonyl (C=O) groups excluding carboxylic acids is 3. The van der Waals surface area contributed by atoms with Gasteiger partial charge in [-0.1, -0.05) is 6.58 Å². The Morgan fingerprint density at radius 3 is 2.50 bits per heavy atom. The van der Waals surface area contributed by atoms with Crippen molar-refractivity contribution in [2.45, 2.75) is 33.1 Å². The molecule has 136 valence electrons. The molecule has 3 amide bonds. The van der Waals surface area contributed by atoms with Crippen molar-refractivity contribution in [2.75, 3.05) is 18.4 Å². The van der Waals surface area contributed by atoms with E-state index in [1.54, 1.807) is 24.8 Å². The molecular weight excluding hydrogens is 336 g/mol. The number of aliphatic imine (C=N–C) groups is 2. The van der Waals surface area contributed by atoms with E-state index in [4.69, 9.17) is 0 Å². The molecule has 0 atom stereocenters. The number of hydrogen-bond acceptors (Lipinski definition) is 5. The maximum absolute atomic E-state index is 12.3. The van der Waals surface area contributed by atoms with Gasteiger partial charge in [0.2, 0.25) is 0 Å². The fraction of sp³-hybridized carbons (Fsp3) is 0.412. The largest absolute Gasteiger partial charge is 0.334 e. The van der Waals surface area contributed by atoms with Gasteiger partial charge in [-0.05, 0) is 33.1 Å². The van der Waals surface area contributed by atoms with Crippen molar-refractivity contribution in [1.29, 1.82) is 0 Å². The topological polar surface area (TPSA) is 109 Å². The fourth-order valence-corrected chi connectivity index (χ4v) is 2.80. The molecule has 1 saturated heterocycles. The zero-order valence-corrected chi connectivity index (χ0v) is 14.8. The van der Waals surface area contributed by atoms with Crippen LogP contribution in [0.1, 0.15) is 31.9 Å². The van der Waals surface area contributed by atoms with Gasteiger partial charge in [-0.3, -0.25) is 14.4 Å². The van der Waals surface area contributed by atoms with Crippen molar-refractivity contribution in [3.05, 3.63) is 23.9 Å². The van der Waals surface area contributed by atoms with E-state index in [-0.39, 0.29) is 17.4 Å². The first-order valence-corrected chi connectivity index (χ1v) is 8.41. The Hall–Kier alpha value is -3.10. The number of nitrogens with zero attached hydrogens (tertiary/aromatic N) is 5. The van der Waals surface area contributed by atoms with Gasteiger partial charge in [-0.25, -0.2) is 4.99 Å². The maximum Gasteiger partial charge on any atom is 0.315 e. The summed E-state index contributed by atoms with van der Waals surface area (Å²) in [6.45, 7) is 8.14. The summed E-state index contributed by atoms with van der Waals surface area (Å²) in [5.41, 5.74) is 1.22. The third-order valence-corrected chi connectivity index (χ3v) is 4.26. The molecule has 1 aromatic rings. The van der Waals surface area contributed by atoms with Crippen LogP contribution in [0.5, 0.6) is 0 Å². The summed E-state index contributed by atoms with van der Waals surface area (Å²) in [6, 6.07) is 1.59. The highest BCUT2D eigenvalue weighted by Gasteiger charge is 2.26. The average Bonchev–Trinajstić information content (AvgIpc) is 2.99. The van der Waals surface area contributed by atoms with E-state index in [0.29, 0.717) is 24.5 Å². The lowest BCUT2D eigenvalue weighted by Gasteiger charge is -2.25. The van der Waals surface area contributed by atoms with Crippen LogP contribution in [0.4, 0.5) is 5.82 Å². The van der Waals surface area contributed by atoms with Gasteiger partial charge in [-0.15, -0.1) is 0 Å². The number of anilines is 1. The van der Waals surface area contributed by atoms with Crippen molar-refractivity contribution < 1.29 is 14.4 Å². The molecule has 0 spiro atoms. The predicted molar refractivity (Wildman–Crippen MR) is 96.1 cm³/mol. The number of rotatable bonds is 1. The SMILES string of the molecule is C=C1C(=O)N=C(n2nc(C)cc2NC(=O)C(=O)N2CCCCC2)N=C1C. The molecule has 0 radical (unpaired) electrons. The Kier molecular flexibility index (Phi) is 4.79. The van der Waals surface area contributed by atoms with Crippen LogP contribution in [0.3, 0.4) is 0 Å². The second kappa shape index (κ2) is 7.03. The Morgan fingerprint density at radius 2 is 1.85 bits per heavy atom. The predicted octanol–water partition coefficient (Wildman–Crippen LogP) is 0.904. The second-order valence-electron chi connectivity index (χ2n) is 6.28. The van der Waals surface area contributed by atoms with E-state index < -0.39 is 17.7 Å². The zero-order valence-electron chi connectivity index (χ0n) is 14.8. The summed E-state index contributed by atoms with van der Waals surface area (Å²) in [5, 5.41) is 6.76. The normalized spacial score (nSPS) is 17.7. The number of likely N-dealkylation sites (tertiary alicyclic amines) is 1. The molecule has 9 nitrogen and oxygen atoms in total. The quantitative estimate of drug-likeness (QED) is 0.595. The number of nitrogens with one attached hydrogen (secondary N) is 1. The second-order valence-corrected chi connectivity index (χ2v) is 6.28. The van der Waals surface area contributed by atoms with Crippen LogP contribution < -0.4 is 5.32 Å². The lowest BCUT2D eigenvalue weighted by Crippen LogP contribution is -2.42. The van der Waals surface area contributed by atoms with Crippen LogP contribution in [0.15, 0.2) is 28.2 Å².